The second-order valence-corrected chi connectivity index (χ2v) is 16.2. The van der Waals surface area contributed by atoms with Crippen LogP contribution in [0.5, 0.6) is 0 Å². The summed E-state index contributed by atoms with van der Waals surface area (Å²) in [6.45, 7) is 15.9. The zero-order valence-electron chi connectivity index (χ0n) is 23.4. The average Bonchev–Trinajstić information content (AvgIpc) is 3.13. The number of aliphatic hydroxyl groups excluding tert-OH is 1. The first kappa shape index (κ1) is 28.9. The monoisotopic (exact) mass is 523 g/mol. The number of ether oxygens (including phenoxy) is 2. The highest BCUT2D eigenvalue weighted by Crippen LogP contribution is 2.36. The molecule has 1 fully saturated rings. The van der Waals surface area contributed by atoms with E-state index in [-0.39, 0.29) is 18.3 Å². The van der Waals surface area contributed by atoms with Crippen molar-refractivity contribution in [3.8, 4) is 11.8 Å². The zero-order chi connectivity index (χ0) is 27.5. The normalized spacial score (nSPS) is 18.6. The summed E-state index contributed by atoms with van der Waals surface area (Å²) in [5.74, 6) is 5.95. The van der Waals surface area contributed by atoms with Crippen molar-refractivity contribution in [2.24, 2.45) is 0 Å². The van der Waals surface area contributed by atoms with Crippen LogP contribution < -0.4 is 10.4 Å². The highest BCUT2D eigenvalue weighted by molar-refractivity contribution is 6.99. The third-order valence-electron chi connectivity index (χ3n) is 6.50. The Balaban J connectivity index is 1.86. The Morgan fingerprint density at radius 3 is 2.03 bits per heavy atom. The maximum absolute atomic E-state index is 12.9. The molecule has 2 atom stereocenters. The van der Waals surface area contributed by atoms with Crippen molar-refractivity contribution in [3.05, 3.63) is 60.7 Å². The number of rotatable bonds is 5. The van der Waals surface area contributed by atoms with Crippen LogP contribution in [0.25, 0.3) is 0 Å². The molecule has 1 aliphatic rings. The van der Waals surface area contributed by atoms with Crippen LogP contribution in [0.1, 0.15) is 55.4 Å². The summed E-state index contributed by atoms with van der Waals surface area (Å²) in [5.41, 5.74) is -1.58. The molecule has 0 aliphatic carbocycles. The minimum absolute atomic E-state index is 0.147. The minimum atomic E-state index is -2.73. The van der Waals surface area contributed by atoms with Crippen LogP contribution in [0.15, 0.2) is 60.7 Å². The van der Waals surface area contributed by atoms with E-state index in [0.29, 0.717) is 0 Å². The van der Waals surface area contributed by atoms with E-state index in [0.717, 1.165) is 10.4 Å². The van der Waals surface area contributed by atoms with Crippen LogP contribution >= 0.6 is 0 Å². The summed E-state index contributed by atoms with van der Waals surface area (Å²) in [5, 5.41) is 13.1. The van der Waals surface area contributed by atoms with Crippen LogP contribution in [0.3, 0.4) is 0 Å². The second kappa shape index (κ2) is 11.0. The van der Waals surface area contributed by atoms with E-state index in [2.05, 4.69) is 56.9 Å². The van der Waals surface area contributed by atoms with E-state index >= 15 is 0 Å². The first-order chi connectivity index (χ1) is 17.2. The third-order valence-corrected chi connectivity index (χ3v) is 11.5. The predicted molar refractivity (Wildman–Crippen MR) is 149 cm³/mol. The number of carbonyl (C=O) groups is 1. The fourth-order valence-corrected chi connectivity index (χ4v) is 9.32. The van der Waals surface area contributed by atoms with Crippen LogP contribution in [-0.2, 0) is 13.9 Å². The van der Waals surface area contributed by atoms with E-state index in [1.165, 1.54) is 4.90 Å². The molecule has 0 radical (unpaired) electrons. The Labute approximate surface area is 223 Å². The fourth-order valence-electron chi connectivity index (χ4n) is 4.88. The molecule has 200 valence electrons. The van der Waals surface area contributed by atoms with Crippen molar-refractivity contribution in [2.45, 2.75) is 83.9 Å². The first-order valence-corrected chi connectivity index (χ1v) is 14.7. The molecule has 37 heavy (non-hydrogen) atoms. The number of benzene rings is 2. The third kappa shape index (κ3) is 6.45. The molecule has 7 heteroatoms. The van der Waals surface area contributed by atoms with Crippen molar-refractivity contribution >= 4 is 24.8 Å². The Kier molecular flexibility index (Phi) is 8.60. The summed E-state index contributed by atoms with van der Waals surface area (Å²) >= 11 is 0. The summed E-state index contributed by atoms with van der Waals surface area (Å²) in [7, 11) is -2.73. The van der Waals surface area contributed by atoms with E-state index in [1.54, 1.807) is 13.8 Å². The number of aliphatic hydroxyl groups is 1. The van der Waals surface area contributed by atoms with Gasteiger partial charge in [-0.25, -0.2) is 4.79 Å². The SMILES string of the molecule is CC(C)(C)OC(=O)N1[C@H]([C@H](O)C#CCO[Si](c2ccccc2)(c2ccccc2)C(C)(C)C)COC1(C)C. The second-order valence-electron chi connectivity index (χ2n) is 11.9. The van der Waals surface area contributed by atoms with Gasteiger partial charge in [-0.05, 0) is 50.0 Å². The summed E-state index contributed by atoms with van der Waals surface area (Å²) < 4.78 is 18.2. The molecule has 0 bridgehead atoms. The molecule has 0 spiro atoms. The first-order valence-electron chi connectivity index (χ1n) is 12.8. The molecule has 3 rings (SSSR count). The Bertz CT molecular complexity index is 1070. The number of amides is 1. The van der Waals surface area contributed by atoms with E-state index in [9.17, 15) is 9.90 Å². The van der Waals surface area contributed by atoms with Gasteiger partial charge in [-0.3, -0.25) is 4.90 Å². The van der Waals surface area contributed by atoms with Gasteiger partial charge in [0.25, 0.3) is 8.32 Å². The van der Waals surface area contributed by atoms with Crippen molar-refractivity contribution in [1.29, 1.82) is 0 Å². The summed E-state index contributed by atoms with van der Waals surface area (Å²) in [6, 6.07) is 20.0. The largest absolute Gasteiger partial charge is 0.444 e. The molecule has 6 nitrogen and oxygen atoms in total. The molecule has 0 unspecified atom stereocenters. The van der Waals surface area contributed by atoms with Gasteiger partial charge in [-0.2, -0.15) is 0 Å². The molecule has 2 aromatic rings. The molecular weight excluding hydrogens is 482 g/mol. The van der Waals surface area contributed by atoms with E-state index in [1.807, 2.05) is 57.2 Å². The van der Waals surface area contributed by atoms with Crippen LogP contribution in [-0.4, -0.2) is 61.1 Å². The number of hydrogen-bond donors (Lipinski definition) is 1. The van der Waals surface area contributed by atoms with Gasteiger partial charge in [0.1, 0.15) is 17.4 Å². The van der Waals surface area contributed by atoms with Crippen LogP contribution in [0, 0.1) is 11.8 Å². The molecule has 2 aromatic carbocycles. The lowest BCUT2D eigenvalue weighted by molar-refractivity contribution is -0.0658. The van der Waals surface area contributed by atoms with E-state index < -0.39 is 37.9 Å². The van der Waals surface area contributed by atoms with Gasteiger partial charge in [0.2, 0.25) is 0 Å². The van der Waals surface area contributed by atoms with Crippen LogP contribution in [0.2, 0.25) is 5.04 Å². The van der Waals surface area contributed by atoms with Gasteiger partial charge in [-0.15, -0.1) is 0 Å². The Hall–Kier alpha value is -2.63. The van der Waals surface area contributed by atoms with Crippen molar-refractivity contribution in [1.82, 2.24) is 4.90 Å². The molecule has 0 aromatic heterocycles. The molecule has 1 aliphatic heterocycles. The lowest BCUT2D eigenvalue weighted by Gasteiger charge is -2.42. The highest BCUT2D eigenvalue weighted by atomic mass is 28.4. The molecule has 1 saturated heterocycles. The molecular formula is C30H41NO5Si. The Morgan fingerprint density at radius 2 is 1.57 bits per heavy atom. The van der Waals surface area contributed by atoms with Crippen LogP contribution in [0.4, 0.5) is 4.79 Å². The molecule has 1 N–H and O–H groups in total. The van der Waals surface area contributed by atoms with Gasteiger partial charge < -0.3 is 19.0 Å². The molecule has 0 saturated carbocycles. The van der Waals surface area contributed by atoms with Gasteiger partial charge >= 0.3 is 6.09 Å². The van der Waals surface area contributed by atoms with E-state index in [4.69, 9.17) is 13.9 Å². The lowest BCUT2D eigenvalue weighted by Crippen LogP contribution is -2.66. The Morgan fingerprint density at radius 1 is 1.05 bits per heavy atom. The van der Waals surface area contributed by atoms with Gasteiger partial charge in [0, 0.05) is 0 Å². The number of nitrogens with zero attached hydrogens (tertiary/aromatic N) is 1. The molecule has 1 amide bonds. The number of hydrogen-bond acceptors (Lipinski definition) is 5. The quantitative estimate of drug-likeness (QED) is 0.468. The summed E-state index contributed by atoms with van der Waals surface area (Å²) in [4.78, 5) is 14.4. The van der Waals surface area contributed by atoms with Crippen molar-refractivity contribution < 1.29 is 23.8 Å². The maximum Gasteiger partial charge on any atom is 0.413 e. The smallest absolute Gasteiger partial charge is 0.413 e. The molecule has 1 heterocycles. The standard InChI is InChI=1S/C30H41NO5Si/c1-28(2,3)36-27(33)31-25(22-34-30(31,7)8)26(32)20-15-21-35-37(29(4,5)6,23-16-11-9-12-17-23)24-18-13-10-14-19-24/h9-14,16-19,25-26,32H,21-22H2,1-8H3/t25-,26+/m0/s1. The van der Waals surface area contributed by atoms with Gasteiger partial charge in [-0.1, -0.05) is 93.3 Å². The van der Waals surface area contributed by atoms with Gasteiger partial charge in [0.05, 0.1) is 19.3 Å². The topological polar surface area (TPSA) is 68.2 Å². The lowest BCUT2D eigenvalue weighted by atomic mass is 10.1. The minimum Gasteiger partial charge on any atom is -0.444 e. The predicted octanol–water partition coefficient (Wildman–Crippen LogP) is 4.30. The maximum atomic E-state index is 12.9. The summed E-state index contributed by atoms with van der Waals surface area (Å²) in [6.07, 6.45) is -1.65. The van der Waals surface area contributed by atoms with Crippen molar-refractivity contribution in [2.75, 3.05) is 13.2 Å². The van der Waals surface area contributed by atoms with Crippen molar-refractivity contribution in [3.63, 3.8) is 0 Å². The zero-order valence-corrected chi connectivity index (χ0v) is 24.4. The number of carbonyl (C=O) groups excluding carboxylic acids is 1. The van der Waals surface area contributed by atoms with Gasteiger partial charge in [0.15, 0.2) is 0 Å². The highest BCUT2D eigenvalue weighted by Gasteiger charge is 2.50. The average molecular weight is 524 g/mol. The fraction of sp³-hybridized carbons (Fsp3) is 0.500.